The van der Waals surface area contributed by atoms with Gasteiger partial charge in [-0.3, -0.25) is 4.79 Å². The number of amides is 1. The molecule has 2 N–H and O–H groups in total. The maximum absolute atomic E-state index is 12.2. The molecule has 0 aromatic heterocycles. The molecule has 1 fully saturated rings. The second-order valence-corrected chi connectivity index (χ2v) is 5.83. The van der Waals surface area contributed by atoms with Crippen molar-refractivity contribution in [1.82, 2.24) is 10.6 Å². The fraction of sp³-hybridized carbons (Fsp3) is 0.562. The number of carbonyl (C=O) groups is 1. The van der Waals surface area contributed by atoms with Crippen molar-refractivity contribution >= 4 is 18.3 Å². The van der Waals surface area contributed by atoms with E-state index in [0.29, 0.717) is 17.9 Å². The Labute approximate surface area is 127 Å². The lowest BCUT2D eigenvalue weighted by Crippen LogP contribution is -2.48. The summed E-state index contributed by atoms with van der Waals surface area (Å²) in [5, 5.41) is 6.50. The van der Waals surface area contributed by atoms with E-state index in [-0.39, 0.29) is 18.3 Å². The van der Waals surface area contributed by atoms with E-state index in [0.717, 1.165) is 25.1 Å². The zero-order valence-corrected chi connectivity index (χ0v) is 13.3. The molecule has 0 bridgehead atoms. The molecule has 0 radical (unpaired) electrons. The molecule has 2 rings (SSSR count). The predicted octanol–water partition coefficient (Wildman–Crippen LogP) is 2.96. The molecule has 20 heavy (non-hydrogen) atoms. The number of piperidine rings is 1. The molecule has 112 valence electrons. The molecule has 1 aromatic carbocycles. The Balaban J connectivity index is 0.00000200. The highest BCUT2D eigenvalue weighted by Gasteiger charge is 2.22. The minimum Gasteiger partial charge on any atom is -0.349 e. The Hall–Kier alpha value is -1.06. The average molecular weight is 297 g/mol. The van der Waals surface area contributed by atoms with Gasteiger partial charge in [0.15, 0.2) is 0 Å². The number of halogens is 1. The van der Waals surface area contributed by atoms with Gasteiger partial charge in [0.25, 0.3) is 5.91 Å². The molecule has 1 aliphatic rings. The lowest BCUT2D eigenvalue weighted by Gasteiger charge is -2.30. The summed E-state index contributed by atoms with van der Waals surface area (Å²) in [4.78, 5) is 12.2. The minimum atomic E-state index is 0. The van der Waals surface area contributed by atoms with Crippen molar-refractivity contribution in [3.05, 3.63) is 35.4 Å². The third-order valence-electron chi connectivity index (χ3n) is 3.94. The third kappa shape index (κ3) is 4.22. The van der Waals surface area contributed by atoms with E-state index in [9.17, 15) is 4.79 Å². The molecule has 2 atom stereocenters. The molecule has 1 heterocycles. The monoisotopic (exact) mass is 296 g/mol. The first-order chi connectivity index (χ1) is 9.08. The fourth-order valence-corrected chi connectivity index (χ4v) is 2.50. The van der Waals surface area contributed by atoms with Gasteiger partial charge in [-0.15, -0.1) is 12.4 Å². The molecule has 1 aliphatic heterocycles. The minimum absolute atomic E-state index is 0. The molecule has 0 spiro atoms. The third-order valence-corrected chi connectivity index (χ3v) is 3.94. The molecule has 0 saturated carbocycles. The zero-order valence-electron chi connectivity index (χ0n) is 12.5. The molecule has 2 unspecified atom stereocenters. The van der Waals surface area contributed by atoms with E-state index in [1.807, 2.05) is 24.3 Å². The summed E-state index contributed by atoms with van der Waals surface area (Å²) in [5.41, 5.74) is 2.03. The standard InChI is InChI=1S/C16H24N2O.ClH/c1-11(2)13-4-6-14(7-5-13)16(19)18-15-8-9-17-10-12(15)3;/h4-7,11-12,15,17H,8-10H2,1-3H3,(H,18,19);1H. The van der Waals surface area contributed by atoms with E-state index in [1.54, 1.807) is 0 Å². The highest BCUT2D eigenvalue weighted by Crippen LogP contribution is 2.16. The highest BCUT2D eigenvalue weighted by molar-refractivity contribution is 5.94. The van der Waals surface area contributed by atoms with Crippen molar-refractivity contribution in [3.8, 4) is 0 Å². The Morgan fingerprint density at radius 1 is 1.30 bits per heavy atom. The molecular weight excluding hydrogens is 272 g/mol. The maximum atomic E-state index is 12.2. The van der Waals surface area contributed by atoms with Gasteiger partial charge in [-0.1, -0.05) is 32.9 Å². The SMILES string of the molecule is CC(C)c1ccc(C(=O)NC2CCNCC2C)cc1.Cl. The first-order valence-electron chi connectivity index (χ1n) is 7.19. The summed E-state index contributed by atoms with van der Waals surface area (Å²) in [5.74, 6) is 1.04. The summed E-state index contributed by atoms with van der Waals surface area (Å²) in [6, 6.07) is 8.24. The predicted molar refractivity (Wildman–Crippen MR) is 85.7 cm³/mol. The summed E-state index contributed by atoms with van der Waals surface area (Å²) in [6.45, 7) is 8.47. The van der Waals surface area contributed by atoms with E-state index in [2.05, 4.69) is 31.4 Å². The number of nitrogens with one attached hydrogen (secondary N) is 2. The van der Waals surface area contributed by atoms with Gasteiger partial charge >= 0.3 is 0 Å². The summed E-state index contributed by atoms with van der Waals surface area (Å²) in [6.07, 6.45) is 1.01. The van der Waals surface area contributed by atoms with Crippen LogP contribution in [-0.4, -0.2) is 25.0 Å². The van der Waals surface area contributed by atoms with Gasteiger partial charge in [-0.05, 0) is 49.0 Å². The van der Waals surface area contributed by atoms with Crippen molar-refractivity contribution in [2.75, 3.05) is 13.1 Å². The lowest BCUT2D eigenvalue weighted by atomic mass is 9.95. The van der Waals surface area contributed by atoms with Crippen LogP contribution in [0.15, 0.2) is 24.3 Å². The van der Waals surface area contributed by atoms with Crippen LogP contribution in [0.2, 0.25) is 0 Å². The number of benzene rings is 1. The van der Waals surface area contributed by atoms with Gasteiger partial charge < -0.3 is 10.6 Å². The summed E-state index contributed by atoms with van der Waals surface area (Å²) >= 11 is 0. The number of hydrogen-bond donors (Lipinski definition) is 2. The highest BCUT2D eigenvalue weighted by atomic mass is 35.5. The van der Waals surface area contributed by atoms with Gasteiger partial charge in [0, 0.05) is 11.6 Å². The van der Waals surface area contributed by atoms with Crippen LogP contribution >= 0.6 is 12.4 Å². The second kappa shape index (κ2) is 7.65. The van der Waals surface area contributed by atoms with Crippen LogP contribution in [0.25, 0.3) is 0 Å². The first kappa shape index (κ1) is 17.0. The Kier molecular flexibility index (Phi) is 6.50. The fourth-order valence-electron chi connectivity index (χ4n) is 2.50. The van der Waals surface area contributed by atoms with Crippen molar-refractivity contribution in [1.29, 1.82) is 0 Å². The van der Waals surface area contributed by atoms with Crippen LogP contribution in [0.5, 0.6) is 0 Å². The van der Waals surface area contributed by atoms with Crippen LogP contribution in [0.4, 0.5) is 0 Å². The second-order valence-electron chi connectivity index (χ2n) is 5.83. The molecule has 1 amide bonds. The van der Waals surface area contributed by atoms with E-state index in [4.69, 9.17) is 0 Å². The van der Waals surface area contributed by atoms with E-state index < -0.39 is 0 Å². The molecule has 4 heteroatoms. The maximum Gasteiger partial charge on any atom is 0.251 e. The number of hydrogen-bond acceptors (Lipinski definition) is 2. The van der Waals surface area contributed by atoms with Crippen molar-refractivity contribution < 1.29 is 4.79 Å². The van der Waals surface area contributed by atoms with Crippen LogP contribution in [0.3, 0.4) is 0 Å². The first-order valence-corrected chi connectivity index (χ1v) is 7.19. The van der Waals surface area contributed by atoms with Gasteiger partial charge in [-0.25, -0.2) is 0 Å². The van der Waals surface area contributed by atoms with Crippen molar-refractivity contribution in [2.45, 2.75) is 39.2 Å². The topological polar surface area (TPSA) is 41.1 Å². The zero-order chi connectivity index (χ0) is 13.8. The van der Waals surface area contributed by atoms with Crippen molar-refractivity contribution in [3.63, 3.8) is 0 Å². The van der Waals surface area contributed by atoms with Crippen LogP contribution in [0, 0.1) is 5.92 Å². The van der Waals surface area contributed by atoms with E-state index >= 15 is 0 Å². The molecule has 0 aliphatic carbocycles. The normalized spacial score (nSPS) is 22.2. The smallest absolute Gasteiger partial charge is 0.251 e. The number of rotatable bonds is 3. The van der Waals surface area contributed by atoms with Crippen LogP contribution in [0.1, 0.15) is 49.0 Å². The Morgan fingerprint density at radius 3 is 2.50 bits per heavy atom. The lowest BCUT2D eigenvalue weighted by molar-refractivity contribution is 0.0914. The van der Waals surface area contributed by atoms with Gasteiger partial charge in [0.2, 0.25) is 0 Å². The molecule has 3 nitrogen and oxygen atoms in total. The largest absolute Gasteiger partial charge is 0.349 e. The quantitative estimate of drug-likeness (QED) is 0.900. The summed E-state index contributed by atoms with van der Waals surface area (Å²) < 4.78 is 0. The number of carbonyl (C=O) groups excluding carboxylic acids is 1. The average Bonchev–Trinajstić information content (AvgIpc) is 2.41. The van der Waals surface area contributed by atoms with Crippen LogP contribution < -0.4 is 10.6 Å². The van der Waals surface area contributed by atoms with Crippen LogP contribution in [-0.2, 0) is 0 Å². The van der Waals surface area contributed by atoms with Gasteiger partial charge in [0.05, 0.1) is 0 Å². The Morgan fingerprint density at radius 2 is 1.95 bits per heavy atom. The summed E-state index contributed by atoms with van der Waals surface area (Å²) in [7, 11) is 0. The van der Waals surface area contributed by atoms with E-state index in [1.165, 1.54) is 5.56 Å². The van der Waals surface area contributed by atoms with Gasteiger partial charge in [-0.2, -0.15) is 0 Å². The van der Waals surface area contributed by atoms with Crippen molar-refractivity contribution in [2.24, 2.45) is 5.92 Å². The van der Waals surface area contributed by atoms with Gasteiger partial charge in [0.1, 0.15) is 0 Å². The molecule has 1 aromatic rings. The Bertz CT molecular complexity index is 431. The molecular formula is C16H25ClN2O. The molecule has 1 saturated heterocycles.